The van der Waals surface area contributed by atoms with E-state index in [1.165, 1.54) is 0 Å². The lowest BCUT2D eigenvalue weighted by Crippen LogP contribution is -2.48. The molecule has 1 heterocycles. The molecule has 3 amide bonds. The van der Waals surface area contributed by atoms with E-state index in [1.807, 2.05) is 6.07 Å². The van der Waals surface area contributed by atoms with Gasteiger partial charge < -0.3 is 15.5 Å². The molecule has 0 aliphatic carbocycles. The summed E-state index contributed by atoms with van der Waals surface area (Å²) in [6.07, 6.45) is 1.29. The third-order valence-corrected chi connectivity index (χ3v) is 5.50. The molecular formula is C21H21Cl2N3O3. The van der Waals surface area contributed by atoms with Gasteiger partial charge >= 0.3 is 0 Å². The number of piperidine rings is 1. The zero-order chi connectivity index (χ0) is 20.8. The molecule has 1 aliphatic rings. The van der Waals surface area contributed by atoms with Crippen molar-refractivity contribution in [3.63, 3.8) is 0 Å². The monoisotopic (exact) mass is 433 g/mol. The van der Waals surface area contributed by atoms with E-state index in [2.05, 4.69) is 10.6 Å². The molecular weight excluding hydrogens is 413 g/mol. The number of hydrogen-bond donors (Lipinski definition) is 2. The van der Waals surface area contributed by atoms with Gasteiger partial charge in [-0.15, -0.1) is 0 Å². The number of nitrogens with one attached hydrogen (secondary N) is 2. The molecule has 2 aromatic rings. The summed E-state index contributed by atoms with van der Waals surface area (Å²) in [6.45, 7) is 0.969. The van der Waals surface area contributed by atoms with Crippen LogP contribution in [0.3, 0.4) is 0 Å². The van der Waals surface area contributed by atoms with Crippen LogP contribution >= 0.6 is 23.2 Å². The van der Waals surface area contributed by atoms with Gasteiger partial charge in [0, 0.05) is 30.3 Å². The Labute approximate surface area is 179 Å². The molecule has 0 radical (unpaired) electrons. The number of halogens is 2. The fraction of sp³-hybridized carbons (Fsp3) is 0.286. The Hall–Kier alpha value is -2.57. The van der Waals surface area contributed by atoms with Crippen LogP contribution in [0, 0.1) is 0 Å². The summed E-state index contributed by atoms with van der Waals surface area (Å²) < 4.78 is 0. The normalized spacial score (nSPS) is 14.3. The lowest BCUT2D eigenvalue weighted by Gasteiger charge is -2.32. The first-order valence-corrected chi connectivity index (χ1v) is 10.1. The number of nitrogens with zero attached hydrogens (tertiary/aromatic N) is 1. The Bertz CT molecular complexity index is 897. The Morgan fingerprint density at radius 3 is 2.28 bits per heavy atom. The second kappa shape index (κ2) is 9.76. The van der Waals surface area contributed by atoms with Crippen molar-refractivity contribution >= 4 is 40.9 Å². The van der Waals surface area contributed by atoms with Crippen molar-refractivity contribution in [2.45, 2.75) is 18.9 Å². The Morgan fingerprint density at radius 2 is 1.62 bits per heavy atom. The van der Waals surface area contributed by atoms with E-state index < -0.39 is 0 Å². The van der Waals surface area contributed by atoms with Crippen LogP contribution in [0.2, 0.25) is 10.0 Å². The predicted octanol–water partition coefficient (Wildman–Crippen LogP) is 3.14. The van der Waals surface area contributed by atoms with Crippen LogP contribution in [-0.4, -0.2) is 48.3 Å². The fourth-order valence-electron chi connectivity index (χ4n) is 3.17. The highest BCUT2D eigenvalue weighted by Crippen LogP contribution is 2.24. The summed E-state index contributed by atoms with van der Waals surface area (Å²) in [4.78, 5) is 38.4. The van der Waals surface area contributed by atoms with Gasteiger partial charge in [0.2, 0.25) is 5.91 Å². The molecule has 8 heteroatoms. The van der Waals surface area contributed by atoms with E-state index >= 15 is 0 Å². The Balaban J connectivity index is 1.43. The van der Waals surface area contributed by atoms with Gasteiger partial charge in [-0.2, -0.15) is 0 Å². The van der Waals surface area contributed by atoms with Gasteiger partial charge in [-0.1, -0.05) is 41.4 Å². The molecule has 29 heavy (non-hydrogen) atoms. The number of amides is 3. The molecule has 1 aliphatic heterocycles. The summed E-state index contributed by atoms with van der Waals surface area (Å²) in [5.41, 5.74) is 1.000. The predicted molar refractivity (Wildman–Crippen MR) is 112 cm³/mol. The Morgan fingerprint density at radius 1 is 0.931 bits per heavy atom. The van der Waals surface area contributed by atoms with Gasteiger partial charge in [0.25, 0.3) is 11.8 Å². The van der Waals surface area contributed by atoms with E-state index in [9.17, 15) is 14.4 Å². The molecule has 2 N–H and O–H groups in total. The van der Waals surface area contributed by atoms with Crippen LogP contribution in [0.1, 0.15) is 33.6 Å². The molecule has 0 atom stereocenters. The van der Waals surface area contributed by atoms with Crippen molar-refractivity contribution in [2.24, 2.45) is 0 Å². The van der Waals surface area contributed by atoms with Crippen molar-refractivity contribution in [1.82, 2.24) is 15.5 Å². The third kappa shape index (κ3) is 5.71. The molecule has 0 bridgehead atoms. The maximum atomic E-state index is 12.6. The van der Waals surface area contributed by atoms with E-state index in [1.54, 1.807) is 47.4 Å². The second-order valence-corrected chi connectivity index (χ2v) is 7.63. The largest absolute Gasteiger partial charge is 0.352 e. The standard InChI is InChI=1S/C21H21Cl2N3O3/c22-17-7-6-15(12-18(17)23)21(29)26-10-8-16(9-11-26)25-19(27)13-24-20(28)14-4-2-1-3-5-14/h1-7,12,16H,8-11,13H2,(H,24,28)(H,25,27). The maximum absolute atomic E-state index is 12.6. The summed E-state index contributed by atoms with van der Waals surface area (Å²) in [6, 6.07) is 13.5. The maximum Gasteiger partial charge on any atom is 0.253 e. The van der Waals surface area contributed by atoms with Crippen LogP contribution in [0.5, 0.6) is 0 Å². The average Bonchev–Trinajstić information content (AvgIpc) is 2.74. The molecule has 6 nitrogen and oxygen atoms in total. The molecule has 0 spiro atoms. The average molecular weight is 434 g/mol. The summed E-state index contributed by atoms with van der Waals surface area (Å²) >= 11 is 11.9. The van der Waals surface area contributed by atoms with E-state index in [0.29, 0.717) is 47.1 Å². The number of benzene rings is 2. The SMILES string of the molecule is O=C(CNC(=O)c1ccccc1)NC1CCN(C(=O)c2ccc(Cl)c(Cl)c2)CC1. The minimum atomic E-state index is -0.289. The molecule has 0 saturated carbocycles. The van der Waals surface area contributed by atoms with Crippen LogP contribution in [-0.2, 0) is 4.79 Å². The zero-order valence-corrected chi connectivity index (χ0v) is 17.2. The molecule has 152 valence electrons. The summed E-state index contributed by atoms with van der Waals surface area (Å²) in [5.74, 6) is -0.644. The minimum absolute atomic E-state index is 0.0333. The van der Waals surface area contributed by atoms with Gasteiger partial charge in [0.1, 0.15) is 0 Å². The highest BCUT2D eigenvalue weighted by Gasteiger charge is 2.25. The zero-order valence-electron chi connectivity index (χ0n) is 15.7. The summed E-state index contributed by atoms with van der Waals surface area (Å²) in [5, 5.41) is 6.27. The quantitative estimate of drug-likeness (QED) is 0.759. The van der Waals surface area contributed by atoms with Crippen LogP contribution in [0.15, 0.2) is 48.5 Å². The van der Waals surface area contributed by atoms with Crippen LogP contribution in [0.4, 0.5) is 0 Å². The highest BCUT2D eigenvalue weighted by molar-refractivity contribution is 6.42. The first-order chi connectivity index (χ1) is 13.9. The number of rotatable bonds is 5. The molecule has 2 aromatic carbocycles. The van der Waals surface area contributed by atoms with Crippen molar-refractivity contribution in [1.29, 1.82) is 0 Å². The first-order valence-electron chi connectivity index (χ1n) is 9.31. The number of likely N-dealkylation sites (tertiary alicyclic amines) is 1. The molecule has 0 aromatic heterocycles. The van der Waals surface area contributed by atoms with Crippen molar-refractivity contribution < 1.29 is 14.4 Å². The fourth-order valence-corrected chi connectivity index (χ4v) is 3.47. The van der Waals surface area contributed by atoms with E-state index in [4.69, 9.17) is 23.2 Å². The van der Waals surface area contributed by atoms with Crippen molar-refractivity contribution in [2.75, 3.05) is 19.6 Å². The number of carbonyl (C=O) groups is 3. The molecule has 1 fully saturated rings. The topological polar surface area (TPSA) is 78.5 Å². The number of carbonyl (C=O) groups excluding carboxylic acids is 3. The minimum Gasteiger partial charge on any atom is -0.352 e. The van der Waals surface area contributed by atoms with Gasteiger partial charge in [-0.25, -0.2) is 0 Å². The third-order valence-electron chi connectivity index (χ3n) is 4.76. The van der Waals surface area contributed by atoms with E-state index in [-0.39, 0.29) is 30.3 Å². The lowest BCUT2D eigenvalue weighted by atomic mass is 10.0. The number of hydrogen-bond acceptors (Lipinski definition) is 3. The van der Waals surface area contributed by atoms with E-state index in [0.717, 1.165) is 0 Å². The molecule has 0 unspecified atom stereocenters. The summed E-state index contributed by atoms with van der Waals surface area (Å²) in [7, 11) is 0. The van der Waals surface area contributed by atoms with Crippen LogP contribution < -0.4 is 10.6 Å². The highest BCUT2D eigenvalue weighted by atomic mass is 35.5. The van der Waals surface area contributed by atoms with Gasteiger partial charge in [-0.05, 0) is 43.2 Å². The Kier molecular flexibility index (Phi) is 7.12. The van der Waals surface area contributed by atoms with Crippen molar-refractivity contribution in [3.05, 3.63) is 69.7 Å². The lowest BCUT2D eigenvalue weighted by molar-refractivity contribution is -0.121. The van der Waals surface area contributed by atoms with Gasteiger partial charge in [0.15, 0.2) is 0 Å². The first kappa shape index (κ1) is 21.1. The van der Waals surface area contributed by atoms with Gasteiger partial charge in [-0.3, -0.25) is 14.4 Å². The van der Waals surface area contributed by atoms with Gasteiger partial charge in [0.05, 0.1) is 16.6 Å². The smallest absolute Gasteiger partial charge is 0.253 e. The molecule has 3 rings (SSSR count). The molecule has 1 saturated heterocycles. The van der Waals surface area contributed by atoms with Crippen molar-refractivity contribution in [3.8, 4) is 0 Å². The second-order valence-electron chi connectivity index (χ2n) is 6.81. The van der Waals surface area contributed by atoms with Crippen LogP contribution in [0.25, 0.3) is 0 Å².